The van der Waals surface area contributed by atoms with Crippen LogP contribution in [0.15, 0.2) is 12.4 Å². The number of aromatic nitrogens is 2. The first-order chi connectivity index (χ1) is 11.9. The molecular weight excluding hydrogens is 318 g/mol. The van der Waals surface area contributed by atoms with Gasteiger partial charge >= 0.3 is 6.03 Å². The van der Waals surface area contributed by atoms with Gasteiger partial charge in [-0.25, -0.2) is 9.78 Å². The summed E-state index contributed by atoms with van der Waals surface area (Å²) in [5, 5.41) is 5.54. The summed E-state index contributed by atoms with van der Waals surface area (Å²) in [5.41, 5.74) is 0. The Balaban J connectivity index is 1.81. The summed E-state index contributed by atoms with van der Waals surface area (Å²) in [6.07, 6.45) is 6.88. The number of hydrogen-bond acceptors (Lipinski definition) is 3. The Morgan fingerprint density at radius 2 is 2.08 bits per heavy atom. The van der Waals surface area contributed by atoms with Crippen LogP contribution in [-0.4, -0.2) is 45.0 Å². The van der Waals surface area contributed by atoms with Crippen molar-refractivity contribution in [3.8, 4) is 0 Å². The van der Waals surface area contributed by atoms with Gasteiger partial charge in [0.05, 0.1) is 6.54 Å². The number of likely N-dealkylation sites (tertiary alicyclic amines) is 1. The number of nitrogens with one attached hydrogen (secondary N) is 2. The summed E-state index contributed by atoms with van der Waals surface area (Å²) < 4.78 is 2.04. The van der Waals surface area contributed by atoms with Crippen molar-refractivity contribution >= 4 is 11.9 Å². The molecule has 1 fully saturated rings. The summed E-state index contributed by atoms with van der Waals surface area (Å²) in [5.74, 6) is 1.31. The van der Waals surface area contributed by atoms with E-state index in [4.69, 9.17) is 0 Å². The molecule has 2 N–H and O–H groups in total. The lowest BCUT2D eigenvalue weighted by atomic mass is 10.0. The van der Waals surface area contributed by atoms with Crippen molar-refractivity contribution in [2.24, 2.45) is 5.92 Å². The molecule has 2 atom stereocenters. The molecule has 3 amide bonds. The van der Waals surface area contributed by atoms with E-state index < -0.39 is 6.04 Å². The monoisotopic (exact) mass is 349 g/mol. The van der Waals surface area contributed by atoms with Crippen molar-refractivity contribution < 1.29 is 9.59 Å². The molecule has 1 aromatic heterocycles. The first kappa shape index (κ1) is 19.3. The minimum Gasteiger partial charge on any atom is -0.338 e. The molecule has 0 aliphatic carbocycles. The molecule has 7 heteroatoms. The molecule has 0 saturated carbocycles. The van der Waals surface area contributed by atoms with E-state index in [9.17, 15) is 9.59 Å². The number of carbonyl (C=O) groups excluding carboxylic acids is 2. The average Bonchev–Trinajstić information content (AvgIpc) is 2.99. The second-order valence-electron chi connectivity index (χ2n) is 7.31. The molecule has 0 unspecified atom stereocenters. The van der Waals surface area contributed by atoms with E-state index in [-0.39, 0.29) is 18.0 Å². The molecule has 1 aliphatic rings. The Labute approximate surface area is 150 Å². The topological polar surface area (TPSA) is 79.3 Å². The maximum atomic E-state index is 12.5. The van der Waals surface area contributed by atoms with Crippen LogP contribution in [0.3, 0.4) is 0 Å². The maximum Gasteiger partial charge on any atom is 0.315 e. The fraction of sp³-hybridized carbons (Fsp3) is 0.722. The zero-order valence-corrected chi connectivity index (χ0v) is 15.8. The van der Waals surface area contributed by atoms with Crippen LogP contribution in [0, 0.1) is 5.92 Å². The van der Waals surface area contributed by atoms with Gasteiger partial charge in [0.2, 0.25) is 5.91 Å². The second-order valence-corrected chi connectivity index (χ2v) is 7.31. The molecule has 1 aromatic rings. The van der Waals surface area contributed by atoms with E-state index >= 15 is 0 Å². The van der Waals surface area contributed by atoms with E-state index in [1.54, 1.807) is 13.1 Å². The van der Waals surface area contributed by atoms with Crippen molar-refractivity contribution in [3.05, 3.63) is 18.2 Å². The number of carbonyl (C=O) groups is 2. The summed E-state index contributed by atoms with van der Waals surface area (Å²) in [4.78, 5) is 30.8. The van der Waals surface area contributed by atoms with Gasteiger partial charge in [-0.2, -0.15) is 0 Å². The van der Waals surface area contributed by atoms with Crippen LogP contribution in [-0.2, 0) is 17.9 Å². The fourth-order valence-corrected chi connectivity index (χ4v) is 3.21. The number of hydrogen-bond donors (Lipinski definition) is 2. The first-order valence-corrected chi connectivity index (χ1v) is 9.23. The summed E-state index contributed by atoms with van der Waals surface area (Å²) in [6, 6.07) is -0.627. The highest BCUT2D eigenvalue weighted by Gasteiger charge is 2.27. The van der Waals surface area contributed by atoms with Crippen LogP contribution >= 0.6 is 0 Å². The Bertz CT molecular complexity index is 584. The second kappa shape index (κ2) is 8.87. The Kier molecular flexibility index (Phi) is 6.84. The third kappa shape index (κ3) is 5.47. The molecule has 0 radical (unpaired) electrons. The molecule has 0 aromatic carbocycles. The number of imidazole rings is 1. The number of rotatable bonds is 6. The van der Waals surface area contributed by atoms with Crippen LogP contribution in [0.1, 0.15) is 52.8 Å². The van der Waals surface area contributed by atoms with Gasteiger partial charge in [0.15, 0.2) is 0 Å². The number of amides is 3. The molecule has 0 bridgehead atoms. The van der Waals surface area contributed by atoms with E-state index in [1.807, 2.05) is 15.7 Å². The summed E-state index contributed by atoms with van der Waals surface area (Å²) in [7, 11) is 0. The van der Waals surface area contributed by atoms with Crippen LogP contribution in [0.2, 0.25) is 0 Å². The van der Waals surface area contributed by atoms with Crippen molar-refractivity contribution in [2.75, 3.05) is 6.54 Å². The smallest absolute Gasteiger partial charge is 0.315 e. The lowest BCUT2D eigenvalue weighted by Crippen LogP contribution is -2.53. The molecule has 140 valence electrons. The molecule has 2 rings (SSSR count). The highest BCUT2D eigenvalue weighted by atomic mass is 16.2. The van der Waals surface area contributed by atoms with Gasteiger partial charge in [-0.15, -0.1) is 0 Å². The average molecular weight is 349 g/mol. The largest absolute Gasteiger partial charge is 0.338 e. The van der Waals surface area contributed by atoms with E-state index in [2.05, 4.69) is 36.4 Å². The lowest BCUT2D eigenvalue weighted by Gasteiger charge is -2.35. The fourth-order valence-electron chi connectivity index (χ4n) is 3.21. The van der Waals surface area contributed by atoms with E-state index in [0.717, 1.165) is 38.2 Å². The molecule has 1 aliphatic heterocycles. The van der Waals surface area contributed by atoms with Crippen LogP contribution < -0.4 is 10.6 Å². The van der Waals surface area contributed by atoms with Gasteiger partial charge in [0.25, 0.3) is 0 Å². The van der Waals surface area contributed by atoms with Crippen LogP contribution in [0.25, 0.3) is 0 Å². The lowest BCUT2D eigenvalue weighted by molar-refractivity contribution is -0.136. The zero-order chi connectivity index (χ0) is 18.4. The molecule has 25 heavy (non-hydrogen) atoms. The number of urea groups is 1. The zero-order valence-electron chi connectivity index (χ0n) is 15.8. The minimum atomic E-state index is -0.532. The normalized spacial score (nSPS) is 18.9. The predicted molar refractivity (Wildman–Crippen MR) is 96.9 cm³/mol. The Hall–Kier alpha value is -2.05. The van der Waals surface area contributed by atoms with E-state index in [0.29, 0.717) is 12.5 Å². The molecule has 2 heterocycles. The molecular formula is C18H31N5O2. The van der Waals surface area contributed by atoms with Crippen molar-refractivity contribution in [1.29, 1.82) is 0 Å². The SMILES string of the molecule is CC(C)Cn1ccnc1CNC(=O)N[C@H](C)C(=O)N1CCCC[C@@H]1C. The third-order valence-corrected chi connectivity index (χ3v) is 4.57. The standard InChI is InChI=1S/C18H31N5O2/c1-13(2)12-22-10-8-19-16(22)11-20-18(25)21-15(4)17(24)23-9-6-5-7-14(23)3/h8,10,13-15H,5-7,9,11-12H2,1-4H3,(H2,20,21,25)/t14-,15+/m0/s1. The Morgan fingerprint density at radius 3 is 2.76 bits per heavy atom. The van der Waals surface area contributed by atoms with Gasteiger partial charge in [0, 0.05) is 31.5 Å². The highest BCUT2D eigenvalue weighted by molar-refractivity contribution is 5.86. The highest BCUT2D eigenvalue weighted by Crippen LogP contribution is 2.17. The van der Waals surface area contributed by atoms with Crippen molar-refractivity contribution in [2.45, 2.75) is 72.1 Å². The summed E-state index contributed by atoms with van der Waals surface area (Å²) in [6.45, 7) is 10.1. The molecule has 1 saturated heterocycles. The van der Waals surface area contributed by atoms with Crippen LogP contribution in [0.5, 0.6) is 0 Å². The summed E-state index contributed by atoms with van der Waals surface area (Å²) >= 11 is 0. The van der Waals surface area contributed by atoms with Crippen molar-refractivity contribution in [1.82, 2.24) is 25.1 Å². The van der Waals surface area contributed by atoms with Gasteiger partial charge in [-0.1, -0.05) is 13.8 Å². The van der Waals surface area contributed by atoms with Crippen LogP contribution in [0.4, 0.5) is 4.79 Å². The third-order valence-electron chi connectivity index (χ3n) is 4.57. The molecule has 7 nitrogen and oxygen atoms in total. The Morgan fingerprint density at radius 1 is 1.32 bits per heavy atom. The van der Waals surface area contributed by atoms with Gasteiger partial charge in [-0.05, 0) is 39.0 Å². The van der Waals surface area contributed by atoms with Gasteiger partial charge in [0.1, 0.15) is 11.9 Å². The quantitative estimate of drug-likeness (QED) is 0.826. The van der Waals surface area contributed by atoms with Gasteiger partial charge in [-0.3, -0.25) is 4.79 Å². The first-order valence-electron chi connectivity index (χ1n) is 9.23. The minimum absolute atomic E-state index is 0.0105. The number of piperidine rings is 1. The van der Waals surface area contributed by atoms with Crippen molar-refractivity contribution in [3.63, 3.8) is 0 Å². The van der Waals surface area contributed by atoms with E-state index in [1.165, 1.54) is 0 Å². The number of nitrogens with zero attached hydrogens (tertiary/aromatic N) is 3. The molecule has 0 spiro atoms. The maximum absolute atomic E-state index is 12.5. The van der Waals surface area contributed by atoms with Gasteiger partial charge < -0.3 is 20.1 Å². The predicted octanol–water partition coefficient (Wildman–Crippen LogP) is 2.13.